The van der Waals surface area contributed by atoms with Gasteiger partial charge in [0.2, 0.25) is 0 Å². The van der Waals surface area contributed by atoms with Crippen molar-refractivity contribution in [2.24, 2.45) is 0 Å². The summed E-state index contributed by atoms with van der Waals surface area (Å²) in [4.78, 5) is 12.2. The highest BCUT2D eigenvalue weighted by atomic mass is 32.1. The molecule has 0 spiro atoms. The Labute approximate surface area is 128 Å². The predicted octanol–water partition coefficient (Wildman–Crippen LogP) is 1.80. The van der Waals surface area contributed by atoms with Crippen LogP contribution in [0.25, 0.3) is 0 Å². The second kappa shape index (κ2) is 8.99. The van der Waals surface area contributed by atoms with Gasteiger partial charge in [0.25, 0.3) is 0 Å². The molecule has 0 bridgehead atoms. The van der Waals surface area contributed by atoms with Gasteiger partial charge in [-0.15, -0.1) is 11.3 Å². The number of aryl methyl sites for hydroxylation is 1. The lowest BCUT2D eigenvalue weighted by Crippen LogP contribution is -2.27. The Hall–Kier alpha value is -1.15. The number of carboxylic acid groups (broad SMARTS) is 1. The molecule has 0 saturated heterocycles. The maximum absolute atomic E-state index is 11.1. The summed E-state index contributed by atoms with van der Waals surface area (Å²) < 4.78 is 15.7. The lowest BCUT2D eigenvalue weighted by molar-refractivity contribution is -0.0423. The van der Waals surface area contributed by atoms with E-state index in [1.807, 2.05) is 13.8 Å². The minimum Gasteiger partial charge on any atom is -0.489 e. The first kappa shape index (κ1) is 17.9. The highest BCUT2D eigenvalue weighted by molar-refractivity contribution is 7.14. The SMILES string of the molecule is CCc1cc(OCC(O)COC(C)COC)c(C(=O)O)s1. The summed E-state index contributed by atoms with van der Waals surface area (Å²) in [5, 5.41) is 18.9. The van der Waals surface area contributed by atoms with Gasteiger partial charge in [-0.1, -0.05) is 6.92 Å². The van der Waals surface area contributed by atoms with Crippen molar-refractivity contribution in [3.05, 3.63) is 15.8 Å². The van der Waals surface area contributed by atoms with E-state index < -0.39 is 12.1 Å². The largest absolute Gasteiger partial charge is 0.489 e. The number of rotatable bonds is 10. The highest BCUT2D eigenvalue weighted by Crippen LogP contribution is 2.29. The zero-order valence-electron chi connectivity index (χ0n) is 12.5. The van der Waals surface area contributed by atoms with Crippen LogP contribution in [0.3, 0.4) is 0 Å². The second-order valence-corrected chi connectivity index (χ2v) is 5.77. The third-order valence-electron chi connectivity index (χ3n) is 2.70. The van der Waals surface area contributed by atoms with Crippen LogP contribution >= 0.6 is 11.3 Å². The van der Waals surface area contributed by atoms with Gasteiger partial charge in [0.1, 0.15) is 18.5 Å². The Bertz CT molecular complexity index is 445. The summed E-state index contributed by atoms with van der Waals surface area (Å²) in [5.74, 6) is -0.720. The second-order valence-electron chi connectivity index (χ2n) is 4.63. The number of carbonyl (C=O) groups is 1. The number of carboxylic acids is 1. The lowest BCUT2D eigenvalue weighted by Gasteiger charge is -2.16. The van der Waals surface area contributed by atoms with E-state index in [1.165, 1.54) is 11.3 Å². The summed E-state index contributed by atoms with van der Waals surface area (Å²) >= 11 is 1.19. The van der Waals surface area contributed by atoms with Gasteiger partial charge in [-0.2, -0.15) is 0 Å². The minimum absolute atomic E-state index is 0.0140. The van der Waals surface area contributed by atoms with Gasteiger partial charge in [0.15, 0.2) is 4.88 Å². The zero-order chi connectivity index (χ0) is 15.8. The van der Waals surface area contributed by atoms with E-state index in [1.54, 1.807) is 13.2 Å². The normalized spacial score (nSPS) is 13.9. The van der Waals surface area contributed by atoms with Crippen LogP contribution in [0, 0.1) is 0 Å². The topological polar surface area (TPSA) is 85.2 Å². The van der Waals surface area contributed by atoms with Crippen molar-refractivity contribution >= 4 is 17.3 Å². The molecule has 2 unspecified atom stereocenters. The Morgan fingerprint density at radius 1 is 1.38 bits per heavy atom. The monoisotopic (exact) mass is 318 g/mol. The number of methoxy groups -OCH3 is 1. The van der Waals surface area contributed by atoms with Crippen LogP contribution in [0.1, 0.15) is 28.4 Å². The molecule has 1 aromatic heterocycles. The molecule has 1 aromatic rings. The first-order valence-corrected chi connectivity index (χ1v) is 7.56. The van der Waals surface area contributed by atoms with Gasteiger partial charge >= 0.3 is 5.97 Å². The first-order valence-electron chi connectivity index (χ1n) is 6.75. The quantitative estimate of drug-likeness (QED) is 0.684. The molecule has 1 rings (SSSR count). The molecular formula is C14H22O6S. The van der Waals surface area contributed by atoms with Gasteiger partial charge in [0, 0.05) is 12.0 Å². The highest BCUT2D eigenvalue weighted by Gasteiger charge is 2.17. The standard InChI is InChI=1S/C14H22O6S/c1-4-11-5-12(13(21-11)14(16)17)20-8-10(15)7-19-9(2)6-18-3/h5,9-10,15H,4,6-8H2,1-3H3,(H,16,17). The van der Waals surface area contributed by atoms with Crippen LogP contribution < -0.4 is 4.74 Å². The summed E-state index contributed by atoms with van der Waals surface area (Å²) in [5.41, 5.74) is 0. The lowest BCUT2D eigenvalue weighted by atomic mass is 10.3. The summed E-state index contributed by atoms with van der Waals surface area (Å²) in [7, 11) is 1.58. The molecule has 0 amide bonds. The summed E-state index contributed by atoms with van der Waals surface area (Å²) in [6.45, 7) is 4.33. The Balaban J connectivity index is 2.47. The average molecular weight is 318 g/mol. The van der Waals surface area contributed by atoms with Crippen LogP contribution in [-0.2, 0) is 15.9 Å². The van der Waals surface area contributed by atoms with Crippen molar-refractivity contribution in [3.8, 4) is 5.75 Å². The van der Waals surface area contributed by atoms with Crippen molar-refractivity contribution in [2.75, 3.05) is 26.9 Å². The Kier molecular flexibility index (Phi) is 7.66. The number of aliphatic hydroxyl groups is 1. The molecule has 0 fully saturated rings. The molecule has 6 nitrogen and oxygen atoms in total. The number of ether oxygens (including phenoxy) is 3. The summed E-state index contributed by atoms with van der Waals surface area (Å²) in [6.07, 6.45) is -0.197. The van der Waals surface area contributed by atoms with Gasteiger partial charge in [-0.25, -0.2) is 4.79 Å². The molecule has 0 aromatic carbocycles. The fourth-order valence-electron chi connectivity index (χ4n) is 1.65. The summed E-state index contributed by atoms with van der Waals surface area (Å²) in [6, 6.07) is 1.70. The molecule has 0 aliphatic rings. The van der Waals surface area contributed by atoms with Crippen molar-refractivity contribution < 1.29 is 29.2 Å². The number of aliphatic hydroxyl groups excluding tert-OH is 1. The third-order valence-corrected chi connectivity index (χ3v) is 3.95. The van der Waals surface area contributed by atoms with E-state index in [9.17, 15) is 9.90 Å². The van der Waals surface area contributed by atoms with Crippen LogP contribution in [0.15, 0.2) is 6.07 Å². The fourth-order valence-corrected chi connectivity index (χ4v) is 2.52. The molecule has 120 valence electrons. The van der Waals surface area contributed by atoms with Crippen LogP contribution in [0.5, 0.6) is 5.75 Å². The van der Waals surface area contributed by atoms with E-state index in [0.29, 0.717) is 12.4 Å². The van der Waals surface area contributed by atoms with E-state index in [0.717, 1.165) is 11.3 Å². The molecular weight excluding hydrogens is 296 g/mol. The average Bonchev–Trinajstić information content (AvgIpc) is 2.87. The Morgan fingerprint density at radius 2 is 2.10 bits per heavy atom. The van der Waals surface area contributed by atoms with Crippen LogP contribution in [0.2, 0.25) is 0 Å². The smallest absolute Gasteiger partial charge is 0.349 e. The maximum Gasteiger partial charge on any atom is 0.349 e. The Morgan fingerprint density at radius 3 is 2.67 bits per heavy atom. The molecule has 0 saturated carbocycles. The maximum atomic E-state index is 11.1. The van der Waals surface area contributed by atoms with E-state index in [2.05, 4.69) is 0 Å². The number of aromatic carboxylic acids is 1. The van der Waals surface area contributed by atoms with E-state index in [4.69, 9.17) is 19.3 Å². The predicted molar refractivity (Wildman–Crippen MR) is 79.4 cm³/mol. The molecule has 21 heavy (non-hydrogen) atoms. The van der Waals surface area contributed by atoms with Crippen LogP contribution in [-0.4, -0.2) is 55.3 Å². The number of hydrogen-bond acceptors (Lipinski definition) is 6. The molecule has 1 heterocycles. The van der Waals surface area contributed by atoms with Gasteiger partial charge in [-0.3, -0.25) is 0 Å². The van der Waals surface area contributed by atoms with Crippen molar-refractivity contribution in [1.29, 1.82) is 0 Å². The van der Waals surface area contributed by atoms with Crippen molar-refractivity contribution in [3.63, 3.8) is 0 Å². The van der Waals surface area contributed by atoms with E-state index in [-0.39, 0.29) is 24.2 Å². The minimum atomic E-state index is -1.02. The van der Waals surface area contributed by atoms with Crippen molar-refractivity contribution in [2.45, 2.75) is 32.5 Å². The van der Waals surface area contributed by atoms with Gasteiger partial charge in [-0.05, 0) is 19.4 Å². The fraction of sp³-hybridized carbons (Fsp3) is 0.643. The van der Waals surface area contributed by atoms with E-state index >= 15 is 0 Å². The molecule has 0 radical (unpaired) electrons. The molecule has 7 heteroatoms. The van der Waals surface area contributed by atoms with Gasteiger partial charge in [0.05, 0.1) is 19.3 Å². The molecule has 2 atom stereocenters. The van der Waals surface area contributed by atoms with Crippen molar-refractivity contribution in [1.82, 2.24) is 0 Å². The molecule has 0 aliphatic heterocycles. The zero-order valence-corrected chi connectivity index (χ0v) is 13.3. The first-order chi connectivity index (χ1) is 9.97. The third kappa shape index (κ3) is 6.01. The number of hydrogen-bond donors (Lipinski definition) is 2. The molecule has 2 N–H and O–H groups in total. The van der Waals surface area contributed by atoms with Gasteiger partial charge < -0.3 is 24.4 Å². The number of thiophene rings is 1. The van der Waals surface area contributed by atoms with Crippen LogP contribution in [0.4, 0.5) is 0 Å². The molecule has 0 aliphatic carbocycles.